The van der Waals surface area contributed by atoms with Crippen LogP contribution < -0.4 is 5.32 Å². The molecule has 2 heterocycles. The van der Waals surface area contributed by atoms with Gasteiger partial charge in [-0.3, -0.25) is 19.4 Å². The van der Waals surface area contributed by atoms with Gasteiger partial charge in [-0.05, 0) is 56.2 Å². The van der Waals surface area contributed by atoms with E-state index in [0.717, 1.165) is 31.0 Å². The van der Waals surface area contributed by atoms with E-state index in [4.69, 9.17) is 12.2 Å². The van der Waals surface area contributed by atoms with Crippen LogP contribution in [0.1, 0.15) is 36.0 Å². The van der Waals surface area contributed by atoms with E-state index in [1.165, 1.54) is 29.5 Å². The first-order chi connectivity index (χ1) is 15.1. The smallest absolute Gasteiger partial charge is 0.222 e. The summed E-state index contributed by atoms with van der Waals surface area (Å²) in [5, 5.41) is 10.3. The molecule has 1 saturated heterocycles. The van der Waals surface area contributed by atoms with Crippen molar-refractivity contribution in [1.82, 2.24) is 25.0 Å². The molecule has 6 nitrogen and oxygen atoms in total. The van der Waals surface area contributed by atoms with E-state index in [0.29, 0.717) is 24.3 Å². The normalized spacial score (nSPS) is 14.1. The summed E-state index contributed by atoms with van der Waals surface area (Å²) >= 11 is 5.39. The Bertz CT molecular complexity index is 1080. The van der Waals surface area contributed by atoms with Crippen LogP contribution in [0.5, 0.6) is 0 Å². The third-order valence-electron chi connectivity index (χ3n) is 5.82. The van der Waals surface area contributed by atoms with E-state index in [2.05, 4.69) is 45.5 Å². The van der Waals surface area contributed by atoms with Gasteiger partial charge in [0.15, 0.2) is 10.6 Å². The molecule has 31 heavy (non-hydrogen) atoms. The van der Waals surface area contributed by atoms with E-state index < -0.39 is 0 Å². The fourth-order valence-corrected chi connectivity index (χ4v) is 4.23. The van der Waals surface area contributed by atoms with Gasteiger partial charge in [-0.25, -0.2) is 0 Å². The number of carbonyl (C=O) groups excluding carboxylic acids is 1. The number of nitrogens with one attached hydrogen (secondary N) is 2. The third kappa shape index (κ3) is 5.48. The Hall–Kier alpha value is -2.77. The number of aryl methyl sites for hydroxylation is 1. The average Bonchev–Trinajstić information content (AvgIpc) is 3.42. The van der Waals surface area contributed by atoms with Gasteiger partial charge < -0.3 is 5.32 Å². The number of nitrogens with zero attached hydrogens (tertiary/aromatic N) is 3. The second-order valence-electron chi connectivity index (χ2n) is 8.15. The van der Waals surface area contributed by atoms with E-state index in [1.807, 2.05) is 34.9 Å². The molecular weight excluding hydrogens is 406 g/mol. The molecule has 3 aromatic rings. The molecular formula is C24H29N5OS. The Balaban J connectivity index is 1.35. The summed E-state index contributed by atoms with van der Waals surface area (Å²) in [5.41, 5.74) is 4.65. The Morgan fingerprint density at radius 3 is 2.55 bits per heavy atom. The van der Waals surface area contributed by atoms with Gasteiger partial charge in [0.25, 0.3) is 0 Å². The maximum atomic E-state index is 12.6. The van der Waals surface area contributed by atoms with Gasteiger partial charge in [0.2, 0.25) is 5.91 Å². The number of benzene rings is 2. The molecule has 2 N–H and O–H groups in total. The van der Waals surface area contributed by atoms with Crippen molar-refractivity contribution in [3.05, 3.63) is 70.0 Å². The quantitative estimate of drug-likeness (QED) is 0.520. The molecule has 7 heteroatoms. The van der Waals surface area contributed by atoms with Crippen molar-refractivity contribution < 1.29 is 4.79 Å². The molecule has 4 rings (SSSR count). The molecule has 162 valence electrons. The third-order valence-corrected chi connectivity index (χ3v) is 6.13. The molecule has 0 unspecified atom stereocenters. The molecule has 0 saturated carbocycles. The number of aromatic amines is 1. The molecule has 1 amide bonds. The molecule has 0 radical (unpaired) electrons. The lowest BCUT2D eigenvalue weighted by Crippen LogP contribution is -2.26. The van der Waals surface area contributed by atoms with Crippen molar-refractivity contribution in [2.24, 2.45) is 0 Å². The van der Waals surface area contributed by atoms with Crippen LogP contribution >= 0.6 is 12.2 Å². The standard InChI is InChI=1S/C24H29N5OS/c1-18-8-10-19(11-9-18)23-26-27-24(31)29(23)15-12-22(30)25-16-20-6-2-3-7-21(20)17-28-13-4-5-14-28/h2-3,6-11H,4-5,12-17H2,1H3,(H,25,30)(H,27,31). The van der Waals surface area contributed by atoms with Crippen molar-refractivity contribution in [2.75, 3.05) is 13.1 Å². The summed E-state index contributed by atoms with van der Waals surface area (Å²) in [5.74, 6) is 0.766. The van der Waals surface area contributed by atoms with Crippen LogP contribution in [0.25, 0.3) is 11.4 Å². The van der Waals surface area contributed by atoms with Crippen LogP contribution in [0.2, 0.25) is 0 Å². The number of rotatable bonds is 8. The van der Waals surface area contributed by atoms with Gasteiger partial charge in [0.05, 0.1) is 0 Å². The molecule has 1 fully saturated rings. The number of hydrogen-bond donors (Lipinski definition) is 2. The molecule has 2 aromatic carbocycles. The summed E-state index contributed by atoms with van der Waals surface area (Å²) in [6, 6.07) is 16.5. The number of hydrogen-bond acceptors (Lipinski definition) is 4. The highest BCUT2D eigenvalue weighted by molar-refractivity contribution is 7.71. The van der Waals surface area contributed by atoms with Crippen LogP contribution in [-0.4, -0.2) is 38.7 Å². The predicted molar refractivity (Wildman–Crippen MR) is 125 cm³/mol. The highest BCUT2D eigenvalue weighted by Crippen LogP contribution is 2.19. The van der Waals surface area contributed by atoms with Crippen LogP contribution in [0.4, 0.5) is 0 Å². The molecule has 0 aliphatic carbocycles. The lowest BCUT2D eigenvalue weighted by molar-refractivity contribution is -0.121. The molecule has 1 aliphatic rings. The zero-order valence-corrected chi connectivity index (χ0v) is 18.8. The van der Waals surface area contributed by atoms with Crippen LogP contribution in [0.3, 0.4) is 0 Å². The summed E-state index contributed by atoms with van der Waals surface area (Å²) in [4.78, 5) is 15.1. The van der Waals surface area contributed by atoms with Crippen molar-refractivity contribution in [2.45, 2.75) is 45.8 Å². The van der Waals surface area contributed by atoms with Crippen LogP contribution in [0.15, 0.2) is 48.5 Å². The van der Waals surface area contributed by atoms with Crippen molar-refractivity contribution in [3.8, 4) is 11.4 Å². The van der Waals surface area contributed by atoms with Crippen molar-refractivity contribution in [3.63, 3.8) is 0 Å². The second-order valence-corrected chi connectivity index (χ2v) is 8.54. The van der Waals surface area contributed by atoms with Gasteiger partial charge in [-0.1, -0.05) is 54.1 Å². The predicted octanol–water partition coefficient (Wildman–Crippen LogP) is 4.22. The SMILES string of the molecule is Cc1ccc(-c2n[nH]c(=S)n2CCC(=O)NCc2ccccc2CN2CCCC2)cc1. The Morgan fingerprint density at radius 1 is 1.10 bits per heavy atom. The number of aromatic nitrogens is 3. The van der Waals surface area contributed by atoms with Crippen LogP contribution in [0, 0.1) is 11.7 Å². The number of carbonyl (C=O) groups is 1. The van der Waals surface area contributed by atoms with Crippen molar-refractivity contribution >= 4 is 18.1 Å². The summed E-state index contributed by atoms with van der Waals surface area (Å²) < 4.78 is 2.42. The zero-order valence-electron chi connectivity index (χ0n) is 17.9. The molecule has 0 bridgehead atoms. The lowest BCUT2D eigenvalue weighted by atomic mass is 10.1. The minimum atomic E-state index is 0.00827. The van der Waals surface area contributed by atoms with Crippen LogP contribution in [-0.2, 0) is 24.4 Å². The summed E-state index contributed by atoms with van der Waals surface area (Å²) in [6.45, 7) is 6.36. The summed E-state index contributed by atoms with van der Waals surface area (Å²) in [7, 11) is 0. The number of H-pyrrole nitrogens is 1. The Kier molecular flexibility index (Phi) is 6.94. The fourth-order valence-electron chi connectivity index (χ4n) is 4.01. The Labute approximate surface area is 188 Å². The largest absolute Gasteiger partial charge is 0.352 e. The van der Waals surface area contributed by atoms with Gasteiger partial charge in [0.1, 0.15) is 0 Å². The second kappa shape index (κ2) is 10.0. The van der Waals surface area contributed by atoms with Gasteiger partial charge in [-0.15, -0.1) is 0 Å². The lowest BCUT2D eigenvalue weighted by Gasteiger charge is -2.17. The maximum Gasteiger partial charge on any atom is 0.222 e. The fraction of sp³-hybridized carbons (Fsp3) is 0.375. The first-order valence-corrected chi connectivity index (χ1v) is 11.3. The average molecular weight is 436 g/mol. The topological polar surface area (TPSA) is 66.0 Å². The van der Waals surface area contributed by atoms with E-state index in [9.17, 15) is 4.79 Å². The number of likely N-dealkylation sites (tertiary alicyclic amines) is 1. The van der Waals surface area contributed by atoms with Gasteiger partial charge >= 0.3 is 0 Å². The monoisotopic (exact) mass is 435 g/mol. The summed E-state index contributed by atoms with van der Waals surface area (Å²) in [6.07, 6.45) is 2.90. The van der Waals surface area contributed by atoms with E-state index >= 15 is 0 Å². The zero-order chi connectivity index (χ0) is 21.6. The maximum absolute atomic E-state index is 12.6. The first-order valence-electron chi connectivity index (χ1n) is 10.9. The van der Waals surface area contributed by atoms with E-state index in [-0.39, 0.29) is 5.91 Å². The first kappa shape index (κ1) is 21.5. The molecule has 1 aromatic heterocycles. The molecule has 1 aliphatic heterocycles. The minimum absolute atomic E-state index is 0.00827. The van der Waals surface area contributed by atoms with Gasteiger partial charge in [0, 0.05) is 31.6 Å². The van der Waals surface area contributed by atoms with Gasteiger partial charge in [-0.2, -0.15) is 5.10 Å². The molecule has 0 spiro atoms. The number of amides is 1. The highest BCUT2D eigenvalue weighted by Gasteiger charge is 2.14. The highest BCUT2D eigenvalue weighted by atomic mass is 32.1. The minimum Gasteiger partial charge on any atom is -0.352 e. The van der Waals surface area contributed by atoms with Crippen molar-refractivity contribution in [1.29, 1.82) is 0 Å². The van der Waals surface area contributed by atoms with E-state index in [1.54, 1.807) is 0 Å². The molecule has 0 atom stereocenters. The Morgan fingerprint density at radius 2 is 1.81 bits per heavy atom.